The second-order valence-electron chi connectivity index (χ2n) is 5.82. The van der Waals surface area contributed by atoms with Gasteiger partial charge >= 0.3 is 5.97 Å². The standard InChI is InChI=1S/C18H15Cl2N5O3/c1-11-5-7-12(8-6-11)18-22-24-25(23-18)9-16(27)28-10-15(26)21-14-4-2-3-13(19)17(14)20/h2-8H,9-10H2,1H3,(H,21,26). The van der Waals surface area contributed by atoms with Gasteiger partial charge in [-0.05, 0) is 24.3 Å². The van der Waals surface area contributed by atoms with Crippen LogP contribution in [0.3, 0.4) is 0 Å². The Labute approximate surface area is 170 Å². The molecule has 8 nitrogen and oxygen atoms in total. The summed E-state index contributed by atoms with van der Waals surface area (Å²) >= 11 is 11.9. The average molecular weight is 420 g/mol. The van der Waals surface area contributed by atoms with Crippen molar-refractivity contribution in [1.29, 1.82) is 0 Å². The summed E-state index contributed by atoms with van der Waals surface area (Å²) in [6.07, 6.45) is 0. The molecule has 144 valence electrons. The van der Waals surface area contributed by atoms with Crippen molar-refractivity contribution in [1.82, 2.24) is 20.2 Å². The molecule has 1 amide bonds. The molecular weight excluding hydrogens is 405 g/mol. The number of carbonyl (C=O) groups is 2. The van der Waals surface area contributed by atoms with Gasteiger partial charge in [-0.2, -0.15) is 4.80 Å². The Balaban J connectivity index is 1.51. The number of ether oxygens (including phenoxy) is 1. The molecule has 0 aliphatic heterocycles. The van der Waals surface area contributed by atoms with Gasteiger partial charge in [-0.15, -0.1) is 10.2 Å². The highest BCUT2D eigenvalue weighted by molar-refractivity contribution is 6.44. The second-order valence-corrected chi connectivity index (χ2v) is 6.60. The summed E-state index contributed by atoms with van der Waals surface area (Å²) in [6, 6.07) is 12.4. The first-order chi connectivity index (χ1) is 13.4. The van der Waals surface area contributed by atoms with E-state index in [4.69, 9.17) is 27.9 Å². The number of benzene rings is 2. The van der Waals surface area contributed by atoms with E-state index in [0.717, 1.165) is 15.9 Å². The zero-order valence-corrected chi connectivity index (χ0v) is 16.2. The highest BCUT2D eigenvalue weighted by Gasteiger charge is 2.13. The Kier molecular flexibility index (Phi) is 6.23. The Morgan fingerprint density at radius 2 is 1.89 bits per heavy atom. The monoisotopic (exact) mass is 419 g/mol. The molecular formula is C18H15Cl2N5O3. The molecule has 0 bridgehead atoms. The summed E-state index contributed by atoms with van der Waals surface area (Å²) in [4.78, 5) is 24.9. The fourth-order valence-corrected chi connectivity index (χ4v) is 2.57. The Bertz CT molecular complexity index is 1000. The lowest BCUT2D eigenvalue weighted by molar-refractivity contribution is -0.148. The van der Waals surface area contributed by atoms with Gasteiger partial charge in [0.05, 0.1) is 15.7 Å². The molecule has 1 N–H and O–H groups in total. The van der Waals surface area contributed by atoms with Gasteiger partial charge in [-0.1, -0.05) is 59.1 Å². The lowest BCUT2D eigenvalue weighted by atomic mass is 10.1. The number of nitrogens with zero attached hydrogens (tertiary/aromatic N) is 4. The Morgan fingerprint density at radius 1 is 1.14 bits per heavy atom. The van der Waals surface area contributed by atoms with Gasteiger partial charge in [0.15, 0.2) is 13.2 Å². The highest BCUT2D eigenvalue weighted by atomic mass is 35.5. The van der Waals surface area contributed by atoms with Crippen LogP contribution in [0.1, 0.15) is 5.56 Å². The summed E-state index contributed by atoms with van der Waals surface area (Å²) in [6.45, 7) is 1.21. The van der Waals surface area contributed by atoms with Crippen LogP contribution in [0.15, 0.2) is 42.5 Å². The molecule has 0 aliphatic rings. The normalized spacial score (nSPS) is 10.5. The predicted molar refractivity (Wildman–Crippen MR) is 104 cm³/mol. The first kappa shape index (κ1) is 19.8. The second kappa shape index (κ2) is 8.81. The maximum absolute atomic E-state index is 11.9. The number of halogens is 2. The molecule has 0 saturated carbocycles. The van der Waals surface area contributed by atoms with Crippen molar-refractivity contribution in [2.24, 2.45) is 0 Å². The molecule has 0 saturated heterocycles. The van der Waals surface area contributed by atoms with Crippen LogP contribution in [-0.2, 0) is 20.9 Å². The average Bonchev–Trinajstić information content (AvgIpc) is 3.13. The lowest BCUT2D eigenvalue weighted by Gasteiger charge is -2.08. The third kappa shape index (κ3) is 5.05. The van der Waals surface area contributed by atoms with Gasteiger partial charge in [0.1, 0.15) is 0 Å². The van der Waals surface area contributed by atoms with E-state index in [9.17, 15) is 9.59 Å². The largest absolute Gasteiger partial charge is 0.454 e. The number of esters is 1. The van der Waals surface area contributed by atoms with Crippen LogP contribution < -0.4 is 5.32 Å². The molecule has 0 fully saturated rings. The lowest BCUT2D eigenvalue weighted by Crippen LogP contribution is -2.23. The zero-order chi connectivity index (χ0) is 20.1. The number of carbonyl (C=O) groups excluding carboxylic acids is 2. The van der Waals surface area contributed by atoms with Crippen molar-refractivity contribution in [3.05, 3.63) is 58.1 Å². The predicted octanol–water partition coefficient (Wildman–Crippen LogP) is 3.14. The molecule has 0 unspecified atom stereocenters. The molecule has 3 aromatic rings. The minimum atomic E-state index is -0.680. The summed E-state index contributed by atoms with van der Waals surface area (Å²) < 4.78 is 4.93. The molecule has 10 heteroatoms. The molecule has 2 aromatic carbocycles. The minimum Gasteiger partial charge on any atom is -0.454 e. The van der Waals surface area contributed by atoms with Crippen molar-refractivity contribution in [2.45, 2.75) is 13.5 Å². The number of hydrogen-bond acceptors (Lipinski definition) is 6. The van der Waals surface area contributed by atoms with E-state index in [-0.39, 0.29) is 11.6 Å². The van der Waals surface area contributed by atoms with E-state index in [2.05, 4.69) is 20.7 Å². The smallest absolute Gasteiger partial charge is 0.330 e. The van der Waals surface area contributed by atoms with Crippen molar-refractivity contribution in [3.63, 3.8) is 0 Å². The quantitative estimate of drug-likeness (QED) is 0.616. The van der Waals surface area contributed by atoms with Crippen molar-refractivity contribution < 1.29 is 14.3 Å². The number of tetrazole rings is 1. The van der Waals surface area contributed by atoms with Crippen LogP contribution in [0.4, 0.5) is 5.69 Å². The molecule has 0 atom stereocenters. The van der Waals surface area contributed by atoms with Gasteiger partial charge in [0.25, 0.3) is 5.91 Å². The van der Waals surface area contributed by atoms with Gasteiger partial charge in [0, 0.05) is 5.56 Å². The van der Waals surface area contributed by atoms with E-state index in [0.29, 0.717) is 16.5 Å². The van der Waals surface area contributed by atoms with Crippen molar-refractivity contribution in [2.75, 3.05) is 11.9 Å². The van der Waals surface area contributed by atoms with Crippen molar-refractivity contribution >= 4 is 40.8 Å². The molecule has 0 aliphatic carbocycles. The first-order valence-electron chi connectivity index (χ1n) is 8.16. The summed E-state index contributed by atoms with van der Waals surface area (Å²) in [5.74, 6) is -0.842. The van der Waals surface area contributed by atoms with Crippen LogP contribution in [0.25, 0.3) is 11.4 Å². The Morgan fingerprint density at radius 3 is 2.64 bits per heavy atom. The summed E-state index contributed by atoms with van der Waals surface area (Å²) in [7, 11) is 0. The van der Waals surface area contributed by atoms with Crippen LogP contribution in [0.5, 0.6) is 0 Å². The van der Waals surface area contributed by atoms with Crippen LogP contribution in [-0.4, -0.2) is 38.7 Å². The van der Waals surface area contributed by atoms with E-state index in [1.165, 1.54) is 0 Å². The van der Waals surface area contributed by atoms with Crippen LogP contribution >= 0.6 is 23.2 Å². The highest BCUT2D eigenvalue weighted by Crippen LogP contribution is 2.29. The van der Waals surface area contributed by atoms with Gasteiger partial charge in [0.2, 0.25) is 5.82 Å². The van der Waals surface area contributed by atoms with E-state index in [1.807, 2.05) is 31.2 Å². The van der Waals surface area contributed by atoms with Crippen molar-refractivity contribution in [3.8, 4) is 11.4 Å². The molecule has 0 radical (unpaired) electrons. The number of aryl methyl sites for hydroxylation is 1. The number of anilines is 1. The van der Waals surface area contributed by atoms with Gasteiger partial charge < -0.3 is 10.1 Å². The summed E-state index contributed by atoms with van der Waals surface area (Å²) in [5.41, 5.74) is 2.22. The topological polar surface area (TPSA) is 99.0 Å². The minimum absolute atomic E-state index is 0.208. The molecule has 0 spiro atoms. The SMILES string of the molecule is Cc1ccc(-c2nnn(CC(=O)OCC(=O)Nc3cccc(Cl)c3Cl)n2)cc1. The zero-order valence-electron chi connectivity index (χ0n) is 14.7. The number of amides is 1. The third-order valence-electron chi connectivity index (χ3n) is 3.62. The van der Waals surface area contributed by atoms with Crippen LogP contribution in [0.2, 0.25) is 10.0 Å². The van der Waals surface area contributed by atoms with E-state index < -0.39 is 18.5 Å². The summed E-state index contributed by atoms with van der Waals surface area (Å²) in [5, 5.41) is 14.9. The van der Waals surface area contributed by atoms with E-state index >= 15 is 0 Å². The number of aromatic nitrogens is 4. The number of nitrogens with one attached hydrogen (secondary N) is 1. The van der Waals surface area contributed by atoms with Gasteiger partial charge in [-0.25, -0.2) is 4.79 Å². The third-order valence-corrected chi connectivity index (χ3v) is 4.44. The Hall–Kier alpha value is -2.97. The number of hydrogen-bond donors (Lipinski definition) is 1. The maximum atomic E-state index is 11.9. The molecule has 3 rings (SSSR count). The fourth-order valence-electron chi connectivity index (χ4n) is 2.22. The molecule has 28 heavy (non-hydrogen) atoms. The van der Waals surface area contributed by atoms with Crippen LogP contribution in [0, 0.1) is 6.92 Å². The first-order valence-corrected chi connectivity index (χ1v) is 8.92. The fraction of sp³-hybridized carbons (Fsp3) is 0.167. The molecule has 1 aromatic heterocycles. The van der Waals surface area contributed by atoms with E-state index in [1.54, 1.807) is 18.2 Å². The maximum Gasteiger partial charge on any atom is 0.330 e. The molecule has 1 heterocycles. The van der Waals surface area contributed by atoms with Gasteiger partial charge in [-0.3, -0.25) is 4.79 Å². The number of rotatable bonds is 6.